The van der Waals surface area contributed by atoms with Crippen LogP contribution >= 0.6 is 34.8 Å². The first kappa shape index (κ1) is 13.9. The molecule has 0 fully saturated rings. The van der Waals surface area contributed by atoms with Crippen molar-refractivity contribution in [2.45, 2.75) is 0 Å². The van der Waals surface area contributed by atoms with Gasteiger partial charge in [0.2, 0.25) is 0 Å². The number of pyridine rings is 1. The molecule has 1 heterocycles. The van der Waals surface area contributed by atoms with Crippen LogP contribution in [0.5, 0.6) is 0 Å². The lowest BCUT2D eigenvalue weighted by Gasteiger charge is -2.09. The van der Waals surface area contributed by atoms with Crippen LogP contribution in [0.3, 0.4) is 0 Å². The van der Waals surface area contributed by atoms with Gasteiger partial charge >= 0.3 is 5.97 Å². The van der Waals surface area contributed by atoms with Crippen LogP contribution in [0.15, 0.2) is 24.4 Å². The Labute approximate surface area is 123 Å². The van der Waals surface area contributed by atoms with Gasteiger partial charge < -0.3 is 10.8 Å². The summed E-state index contributed by atoms with van der Waals surface area (Å²) >= 11 is 17.9. The number of rotatable bonds is 2. The quantitative estimate of drug-likeness (QED) is 0.878. The predicted octanol–water partition coefficient (Wildman–Crippen LogP) is 3.99. The first-order chi connectivity index (χ1) is 8.90. The lowest BCUT2D eigenvalue weighted by molar-refractivity contribution is 0.0697. The van der Waals surface area contributed by atoms with Gasteiger partial charge in [-0.05, 0) is 18.2 Å². The van der Waals surface area contributed by atoms with E-state index in [2.05, 4.69) is 4.98 Å². The van der Waals surface area contributed by atoms with E-state index >= 15 is 0 Å². The van der Waals surface area contributed by atoms with Crippen LogP contribution in [-0.2, 0) is 0 Å². The van der Waals surface area contributed by atoms with Gasteiger partial charge in [-0.3, -0.25) is 0 Å². The van der Waals surface area contributed by atoms with Crippen molar-refractivity contribution in [2.24, 2.45) is 0 Å². The molecule has 1 aromatic carbocycles. The predicted molar refractivity (Wildman–Crippen MR) is 76.1 cm³/mol. The minimum Gasteiger partial charge on any atom is -0.478 e. The maximum atomic E-state index is 11.0. The highest BCUT2D eigenvalue weighted by atomic mass is 35.5. The number of aromatic carboxylic acids is 1. The minimum absolute atomic E-state index is 0.0718. The molecule has 0 saturated carbocycles. The number of hydrogen-bond donors (Lipinski definition) is 2. The molecule has 0 unspecified atom stereocenters. The maximum Gasteiger partial charge on any atom is 0.339 e. The van der Waals surface area contributed by atoms with E-state index in [1.165, 1.54) is 24.4 Å². The zero-order valence-corrected chi connectivity index (χ0v) is 11.6. The SMILES string of the molecule is Nc1ncc(-c2c(Cl)cc(Cl)cc2Cl)cc1C(=O)O. The summed E-state index contributed by atoms with van der Waals surface area (Å²) in [5.74, 6) is -1.24. The van der Waals surface area contributed by atoms with Gasteiger partial charge in [-0.1, -0.05) is 34.8 Å². The molecule has 2 aromatic rings. The van der Waals surface area contributed by atoms with Crippen LogP contribution in [0, 0.1) is 0 Å². The molecule has 4 nitrogen and oxygen atoms in total. The van der Waals surface area contributed by atoms with Gasteiger partial charge in [0, 0.05) is 22.3 Å². The molecule has 0 radical (unpaired) electrons. The summed E-state index contributed by atoms with van der Waals surface area (Å²) in [6, 6.07) is 4.40. The van der Waals surface area contributed by atoms with Gasteiger partial charge in [-0.25, -0.2) is 9.78 Å². The summed E-state index contributed by atoms with van der Waals surface area (Å²) in [6.45, 7) is 0. The fraction of sp³-hybridized carbons (Fsp3) is 0. The summed E-state index contributed by atoms with van der Waals surface area (Å²) in [6.07, 6.45) is 1.41. The number of carboxylic acid groups (broad SMARTS) is 1. The summed E-state index contributed by atoms with van der Waals surface area (Å²) in [5, 5.41) is 10.0. The van der Waals surface area contributed by atoms with E-state index in [0.717, 1.165) is 0 Å². The fourth-order valence-electron chi connectivity index (χ4n) is 1.60. The molecule has 0 spiro atoms. The molecule has 2 rings (SSSR count). The van der Waals surface area contributed by atoms with Gasteiger partial charge in [0.25, 0.3) is 0 Å². The van der Waals surface area contributed by atoms with Gasteiger partial charge in [0.05, 0.1) is 10.0 Å². The Balaban J connectivity index is 2.66. The van der Waals surface area contributed by atoms with Crippen LogP contribution < -0.4 is 5.73 Å². The highest BCUT2D eigenvalue weighted by Gasteiger charge is 2.15. The molecule has 7 heteroatoms. The molecule has 1 aromatic heterocycles. The Bertz CT molecular complexity index is 651. The Kier molecular flexibility index (Phi) is 3.85. The molecule has 19 heavy (non-hydrogen) atoms. The average Bonchev–Trinajstić information content (AvgIpc) is 2.29. The monoisotopic (exact) mass is 316 g/mol. The highest BCUT2D eigenvalue weighted by molar-refractivity contribution is 6.41. The highest BCUT2D eigenvalue weighted by Crippen LogP contribution is 2.37. The summed E-state index contributed by atoms with van der Waals surface area (Å²) in [7, 11) is 0. The Morgan fingerprint density at radius 3 is 2.26 bits per heavy atom. The van der Waals surface area contributed by atoms with E-state index in [0.29, 0.717) is 26.2 Å². The van der Waals surface area contributed by atoms with Crippen LogP contribution in [-0.4, -0.2) is 16.1 Å². The smallest absolute Gasteiger partial charge is 0.339 e. The normalized spacial score (nSPS) is 10.5. The second-order valence-electron chi connectivity index (χ2n) is 3.71. The Hall–Kier alpha value is -1.49. The van der Waals surface area contributed by atoms with Crippen molar-refractivity contribution in [2.75, 3.05) is 5.73 Å². The van der Waals surface area contributed by atoms with Crippen molar-refractivity contribution in [3.8, 4) is 11.1 Å². The van der Waals surface area contributed by atoms with Crippen LogP contribution in [0.25, 0.3) is 11.1 Å². The van der Waals surface area contributed by atoms with Gasteiger partial charge in [0.1, 0.15) is 11.4 Å². The molecule has 0 atom stereocenters. The first-order valence-corrected chi connectivity index (χ1v) is 6.17. The number of nitrogens with two attached hydrogens (primary N) is 1. The first-order valence-electron chi connectivity index (χ1n) is 5.04. The minimum atomic E-state index is -1.17. The second kappa shape index (κ2) is 5.25. The Morgan fingerprint density at radius 1 is 1.16 bits per heavy atom. The third-order valence-corrected chi connectivity index (χ3v) is 3.26. The van der Waals surface area contributed by atoms with Crippen molar-refractivity contribution < 1.29 is 9.90 Å². The molecule has 0 aliphatic rings. The third kappa shape index (κ3) is 2.76. The van der Waals surface area contributed by atoms with E-state index in [9.17, 15) is 4.79 Å². The number of nitrogen functional groups attached to an aromatic ring is 1. The number of halogens is 3. The number of anilines is 1. The van der Waals surface area contributed by atoms with Crippen molar-refractivity contribution >= 4 is 46.6 Å². The maximum absolute atomic E-state index is 11.0. The van der Waals surface area contributed by atoms with Gasteiger partial charge in [-0.2, -0.15) is 0 Å². The summed E-state index contributed by atoms with van der Waals surface area (Å²) < 4.78 is 0. The lowest BCUT2D eigenvalue weighted by Crippen LogP contribution is -2.04. The van der Waals surface area contributed by atoms with E-state index in [-0.39, 0.29) is 11.4 Å². The standard InChI is InChI=1S/C12H7Cl3N2O2/c13-6-2-8(14)10(9(15)3-6)5-1-7(12(18)19)11(16)17-4-5/h1-4H,(H2,16,17)(H,18,19). The molecule has 0 aliphatic carbocycles. The third-order valence-electron chi connectivity index (χ3n) is 2.44. The number of benzene rings is 1. The second-order valence-corrected chi connectivity index (χ2v) is 4.96. The molecule has 0 bridgehead atoms. The zero-order chi connectivity index (χ0) is 14.2. The van der Waals surface area contributed by atoms with Crippen LogP contribution in [0.4, 0.5) is 5.82 Å². The molecular formula is C12H7Cl3N2O2. The van der Waals surface area contributed by atoms with Crippen LogP contribution in [0.1, 0.15) is 10.4 Å². The summed E-state index contributed by atoms with van der Waals surface area (Å²) in [5.41, 5.74) is 6.30. The van der Waals surface area contributed by atoms with Gasteiger partial charge in [-0.15, -0.1) is 0 Å². The average molecular weight is 318 g/mol. The van der Waals surface area contributed by atoms with Crippen molar-refractivity contribution in [3.05, 3.63) is 45.0 Å². The van der Waals surface area contributed by atoms with Crippen molar-refractivity contribution in [1.29, 1.82) is 0 Å². The zero-order valence-electron chi connectivity index (χ0n) is 9.32. The van der Waals surface area contributed by atoms with E-state index in [1.54, 1.807) is 0 Å². The molecule has 3 N–H and O–H groups in total. The van der Waals surface area contributed by atoms with Crippen LogP contribution in [0.2, 0.25) is 15.1 Å². The topological polar surface area (TPSA) is 76.2 Å². The summed E-state index contributed by atoms with van der Waals surface area (Å²) in [4.78, 5) is 14.9. The van der Waals surface area contributed by atoms with Crippen molar-refractivity contribution in [3.63, 3.8) is 0 Å². The number of hydrogen-bond acceptors (Lipinski definition) is 3. The molecular weight excluding hydrogens is 311 g/mol. The van der Waals surface area contributed by atoms with Crippen molar-refractivity contribution in [1.82, 2.24) is 4.98 Å². The number of aromatic nitrogens is 1. The molecule has 0 saturated heterocycles. The molecule has 0 amide bonds. The van der Waals surface area contributed by atoms with Gasteiger partial charge in [0.15, 0.2) is 0 Å². The van der Waals surface area contributed by atoms with E-state index in [4.69, 9.17) is 45.6 Å². The number of nitrogens with zero attached hydrogens (tertiary/aromatic N) is 1. The molecule has 98 valence electrons. The number of carboxylic acids is 1. The largest absolute Gasteiger partial charge is 0.478 e. The van der Waals surface area contributed by atoms with E-state index < -0.39 is 5.97 Å². The Morgan fingerprint density at radius 2 is 1.74 bits per heavy atom. The van der Waals surface area contributed by atoms with E-state index in [1.807, 2.05) is 0 Å². The molecule has 0 aliphatic heterocycles. The lowest BCUT2D eigenvalue weighted by atomic mass is 10.1. The fourth-order valence-corrected chi connectivity index (χ4v) is 2.64. The number of carbonyl (C=O) groups is 1.